The lowest BCUT2D eigenvalue weighted by Crippen LogP contribution is -2.36. The maximum absolute atomic E-state index is 11.6. The minimum atomic E-state index is -0.423. The van der Waals surface area contributed by atoms with Gasteiger partial charge in [0.2, 0.25) is 11.9 Å². The number of anilines is 3. The van der Waals surface area contributed by atoms with Crippen molar-refractivity contribution >= 4 is 23.5 Å². The fraction of sp³-hybridized carbons (Fsp3) is 0.440. The van der Waals surface area contributed by atoms with Gasteiger partial charge in [-0.05, 0) is 56.3 Å². The Morgan fingerprint density at radius 3 is 2.77 bits per heavy atom. The summed E-state index contributed by atoms with van der Waals surface area (Å²) >= 11 is 0. The molecule has 0 saturated carbocycles. The molecule has 3 N–H and O–H groups in total. The largest absolute Gasteiger partial charge is 0.492 e. The summed E-state index contributed by atoms with van der Waals surface area (Å²) in [5, 5.41) is 7.70. The molecular formula is C25H31N7O3. The Bertz CT molecular complexity index is 1140. The van der Waals surface area contributed by atoms with Gasteiger partial charge in [-0.25, -0.2) is 4.79 Å². The predicted octanol–water partition coefficient (Wildman–Crippen LogP) is 1.79. The number of benzene rings is 1. The van der Waals surface area contributed by atoms with E-state index < -0.39 is 6.04 Å². The van der Waals surface area contributed by atoms with E-state index >= 15 is 0 Å². The summed E-state index contributed by atoms with van der Waals surface area (Å²) in [4.78, 5) is 20.7. The maximum atomic E-state index is 11.6. The fourth-order valence-corrected chi connectivity index (χ4v) is 4.55. The molecule has 2 saturated heterocycles. The molecule has 3 heterocycles. The third-order valence-corrected chi connectivity index (χ3v) is 6.45. The molecule has 1 aromatic heterocycles. The van der Waals surface area contributed by atoms with Gasteiger partial charge >= 0.3 is 0 Å². The van der Waals surface area contributed by atoms with E-state index in [0.717, 1.165) is 44.1 Å². The van der Waals surface area contributed by atoms with Gasteiger partial charge in [-0.2, -0.15) is 9.67 Å². The predicted molar refractivity (Wildman–Crippen MR) is 134 cm³/mol. The van der Waals surface area contributed by atoms with Gasteiger partial charge in [-0.1, -0.05) is 12.1 Å². The lowest BCUT2D eigenvalue weighted by Gasteiger charge is -2.29. The van der Waals surface area contributed by atoms with Gasteiger partial charge in [0.05, 0.1) is 30.5 Å². The summed E-state index contributed by atoms with van der Waals surface area (Å²) < 4.78 is 12.9. The first-order chi connectivity index (χ1) is 17.2. The van der Waals surface area contributed by atoms with Gasteiger partial charge in [-0.15, -0.1) is 5.10 Å². The number of likely N-dealkylation sites (tertiary alicyclic amines) is 1. The van der Waals surface area contributed by atoms with E-state index in [2.05, 4.69) is 31.3 Å². The summed E-state index contributed by atoms with van der Waals surface area (Å²) in [5.41, 5.74) is 8.50. The molecule has 1 aliphatic carbocycles. The highest BCUT2D eigenvalue weighted by atomic mass is 16.5. The molecule has 0 amide bonds. The van der Waals surface area contributed by atoms with E-state index in [-0.39, 0.29) is 5.95 Å². The third-order valence-electron chi connectivity index (χ3n) is 6.45. The molecule has 2 fully saturated rings. The molecule has 2 aliphatic heterocycles. The Balaban J connectivity index is 1.23. The number of hydrogen-bond acceptors (Lipinski definition) is 9. The lowest BCUT2D eigenvalue weighted by atomic mass is 10.0. The van der Waals surface area contributed by atoms with Crippen molar-refractivity contribution in [2.45, 2.75) is 18.9 Å². The number of rotatable bonds is 8. The first-order valence-electron chi connectivity index (χ1n) is 12.1. The number of nitrogens with zero attached hydrogens (tertiary/aromatic N) is 5. The Morgan fingerprint density at radius 1 is 1.17 bits per heavy atom. The molecule has 35 heavy (non-hydrogen) atoms. The topological polar surface area (TPSA) is 111 Å². The first kappa shape index (κ1) is 23.2. The normalized spacial score (nSPS) is 20.6. The highest BCUT2D eigenvalue weighted by Gasteiger charge is 2.20. The molecule has 3 aliphatic rings. The molecule has 2 aromatic rings. The van der Waals surface area contributed by atoms with Crippen LogP contribution in [0.2, 0.25) is 0 Å². The van der Waals surface area contributed by atoms with Gasteiger partial charge in [0, 0.05) is 25.3 Å². The zero-order valence-corrected chi connectivity index (χ0v) is 19.7. The van der Waals surface area contributed by atoms with Crippen LogP contribution in [0.4, 0.5) is 17.6 Å². The number of allylic oxidation sites excluding steroid dienone is 1. The van der Waals surface area contributed by atoms with E-state index in [1.165, 1.54) is 12.8 Å². The highest BCUT2D eigenvalue weighted by molar-refractivity contribution is 5.65. The average Bonchev–Trinajstić information content (AvgIpc) is 3.55. The van der Waals surface area contributed by atoms with Gasteiger partial charge in [0.1, 0.15) is 18.3 Å². The molecule has 1 aromatic carbocycles. The number of nitrogens with one attached hydrogen (secondary N) is 1. The smallest absolute Gasteiger partial charge is 0.245 e. The zero-order valence-electron chi connectivity index (χ0n) is 19.7. The molecule has 1 unspecified atom stereocenters. The quantitative estimate of drug-likeness (QED) is 0.550. The lowest BCUT2D eigenvalue weighted by molar-refractivity contribution is 0.122. The number of morpholine rings is 1. The van der Waals surface area contributed by atoms with Crippen molar-refractivity contribution < 1.29 is 14.3 Å². The van der Waals surface area contributed by atoms with Crippen LogP contribution in [0.25, 0.3) is 5.69 Å². The Kier molecular flexibility index (Phi) is 7.13. The number of carbonyl (C=O) groups excluding carboxylic acids is 1. The van der Waals surface area contributed by atoms with Crippen LogP contribution in [0.5, 0.6) is 0 Å². The summed E-state index contributed by atoms with van der Waals surface area (Å²) in [6.07, 6.45) is 7.92. The van der Waals surface area contributed by atoms with E-state index in [4.69, 9.17) is 15.2 Å². The Labute approximate surface area is 204 Å². The molecular weight excluding hydrogens is 446 g/mol. The van der Waals surface area contributed by atoms with Gasteiger partial charge in [0.15, 0.2) is 0 Å². The molecule has 10 heteroatoms. The minimum Gasteiger partial charge on any atom is -0.492 e. The second-order valence-electron chi connectivity index (χ2n) is 8.81. The molecule has 0 radical (unpaired) electrons. The van der Waals surface area contributed by atoms with Crippen LogP contribution in [0.15, 0.2) is 53.8 Å². The van der Waals surface area contributed by atoms with E-state index in [9.17, 15) is 4.79 Å². The summed E-state index contributed by atoms with van der Waals surface area (Å²) in [5.74, 6) is 3.24. The summed E-state index contributed by atoms with van der Waals surface area (Å²) in [6, 6.07) is 7.58. The summed E-state index contributed by atoms with van der Waals surface area (Å²) in [7, 11) is 0. The second-order valence-corrected chi connectivity index (χ2v) is 8.81. The monoisotopic (exact) mass is 477 g/mol. The number of hydrogen-bond donors (Lipinski definition) is 2. The van der Waals surface area contributed by atoms with Crippen molar-refractivity contribution in [1.29, 1.82) is 0 Å². The Hall–Kier alpha value is -3.59. The number of aromatic nitrogens is 3. The Morgan fingerprint density at radius 2 is 1.97 bits per heavy atom. The van der Waals surface area contributed by atoms with Crippen molar-refractivity contribution in [2.75, 3.05) is 68.5 Å². The standard InChI is InChI=1S/C25H31N7O3/c26-24-28-25(29-32(24)21-5-3-4-20(17-21)31-11-13-34-14-12-31)27-23-7-6-22(16-19(23)18-33)35-15-10-30-8-1-2-9-30/h3-7,16-17,23H,1-2,8-15H2,(H3,26,27,28,29). The van der Waals surface area contributed by atoms with Crippen molar-refractivity contribution in [2.24, 2.45) is 0 Å². The van der Waals surface area contributed by atoms with Crippen LogP contribution in [0, 0.1) is 0 Å². The molecule has 0 bridgehead atoms. The first-order valence-corrected chi connectivity index (χ1v) is 12.1. The molecule has 5 rings (SSSR count). The SMILES string of the molecule is Nc1nc(NC2C=CC(OCCN3CCCC3)=CC2=C=O)nn1-c1cccc(N2CCOCC2)c1. The van der Waals surface area contributed by atoms with Crippen LogP contribution in [0.1, 0.15) is 12.8 Å². The average molecular weight is 478 g/mol. The van der Waals surface area contributed by atoms with E-state index in [1.807, 2.05) is 36.3 Å². The zero-order chi connectivity index (χ0) is 24.0. The maximum Gasteiger partial charge on any atom is 0.245 e. The van der Waals surface area contributed by atoms with Crippen molar-refractivity contribution in [3.63, 3.8) is 0 Å². The highest BCUT2D eigenvalue weighted by Crippen LogP contribution is 2.23. The third kappa shape index (κ3) is 5.57. The molecule has 184 valence electrons. The number of ether oxygens (including phenoxy) is 2. The second kappa shape index (κ2) is 10.8. The van der Waals surface area contributed by atoms with Crippen LogP contribution in [-0.2, 0) is 14.3 Å². The van der Waals surface area contributed by atoms with E-state index in [0.29, 0.717) is 37.1 Å². The van der Waals surface area contributed by atoms with Crippen LogP contribution >= 0.6 is 0 Å². The van der Waals surface area contributed by atoms with Gasteiger partial charge in [-0.3, -0.25) is 4.90 Å². The number of nitrogen functional groups attached to an aromatic ring is 1. The van der Waals surface area contributed by atoms with Crippen molar-refractivity contribution in [3.8, 4) is 5.69 Å². The van der Waals surface area contributed by atoms with Crippen molar-refractivity contribution in [3.05, 3.63) is 53.8 Å². The van der Waals surface area contributed by atoms with Crippen LogP contribution in [-0.4, -0.2) is 84.2 Å². The van der Waals surface area contributed by atoms with Crippen molar-refractivity contribution in [1.82, 2.24) is 19.7 Å². The number of nitrogens with two attached hydrogens (primary N) is 1. The molecule has 1 atom stereocenters. The van der Waals surface area contributed by atoms with Gasteiger partial charge in [0.25, 0.3) is 0 Å². The minimum absolute atomic E-state index is 0.254. The molecule has 0 spiro atoms. The van der Waals surface area contributed by atoms with Crippen LogP contribution < -0.4 is 16.0 Å². The summed E-state index contributed by atoms with van der Waals surface area (Å²) in [6.45, 7) is 6.85. The van der Waals surface area contributed by atoms with E-state index in [1.54, 1.807) is 10.8 Å². The molecule has 10 nitrogen and oxygen atoms in total. The van der Waals surface area contributed by atoms with Gasteiger partial charge < -0.3 is 25.4 Å². The fourth-order valence-electron chi connectivity index (χ4n) is 4.55. The van der Waals surface area contributed by atoms with Crippen LogP contribution in [0.3, 0.4) is 0 Å².